The fraction of sp³-hybridized carbons (Fsp3) is 0. The van der Waals surface area contributed by atoms with Crippen molar-refractivity contribution in [3.63, 3.8) is 0 Å². The second-order valence-electron chi connectivity index (χ2n) is 15.1. The monoisotopic (exact) mass is 722 g/mol. The van der Waals surface area contributed by atoms with Crippen molar-refractivity contribution in [2.24, 2.45) is 0 Å². The van der Waals surface area contributed by atoms with Gasteiger partial charge in [0.05, 0.1) is 16.7 Å². The molecule has 0 saturated carbocycles. The number of fused-ring (bicyclic) bond motifs is 11. The van der Waals surface area contributed by atoms with Crippen LogP contribution in [0.15, 0.2) is 206 Å². The predicted molar refractivity (Wildman–Crippen MR) is 240 cm³/mol. The third-order valence-corrected chi connectivity index (χ3v) is 11.9. The minimum atomic E-state index is 0.949. The number of benzene rings is 10. The minimum absolute atomic E-state index is 0.949. The Bertz CT molecular complexity index is 3370. The fourth-order valence-electron chi connectivity index (χ4n) is 9.28. The summed E-state index contributed by atoms with van der Waals surface area (Å²) in [6.07, 6.45) is 0. The Hall–Kier alpha value is -7.55. The van der Waals surface area contributed by atoms with Crippen molar-refractivity contribution in [3.05, 3.63) is 206 Å². The molecule has 0 atom stereocenters. The van der Waals surface area contributed by atoms with Gasteiger partial charge < -0.3 is 0 Å². The molecule has 1 aliphatic rings. The molecule has 0 N–H and O–H groups in total. The molecule has 12 rings (SSSR count). The van der Waals surface area contributed by atoms with Gasteiger partial charge in [0.1, 0.15) is 5.82 Å². The van der Waals surface area contributed by atoms with Crippen LogP contribution in [0.5, 0.6) is 0 Å². The summed E-state index contributed by atoms with van der Waals surface area (Å²) in [5, 5.41) is 7.76. The van der Waals surface area contributed by atoms with Crippen LogP contribution in [0.25, 0.3) is 116 Å². The van der Waals surface area contributed by atoms with Crippen molar-refractivity contribution in [2.75, 3.05) is 0 Å². The van der Waals surface area contributed by atoms with Crippen molar-refractivity contribution in [1.82, 2.24) is 9.55 Å². The van der Waals surface area contributed by atoms with E-state index in [-0.39, 0.29) is 0 Å². The first-order valence-corrected chi connectivity index (χ1v) is 19.6. The number of para-hydroxylation sites is 2. The van der Waals surface area contributed by atoms with Gasteiger partial charge in [-0.3, -0.25) is 4.57 Å². The molecule has 264 valence electrons. The van der Waals surface area contributed by atoms with Gasteiger partial charge in [-0.2, -0.15) is 0 Å². The van der Waals surface area contributed by atoms with Crippen molar-refractivity contribution < 1.29 is 0 Å². The molecule has 0 saturated heterocycles. The predicted octanol–water partition coefficient (Wildman–Crippen LogP) is 14.8. The van der Waals surface area contributed by atoms with Gasteiger partial charge in [0.25, 0.3) is 0 Å². The standard InChI is InChI=1S/C55H34N2/c1-2-18-44-42(16-1)43-17-3-6-21-47(43)51-34-41(30-31-48(44)51)40-15-10-14-39(33-40)38-13-9-12-37(32-38)35-26-28-36(29-27-35)55-56-52-24-11-23-50-46-20-5-4-19-45(46)49-22-7-8-25-53(49)57(55)54(50)52/h1-34H. The average molecular weight is 723 g/mol. The molecular formula is C55H34N2. The van der Waals surface area contributed by atoms with Crippen molar-refractivity contribution in [3.8, 4) is 72.7 Å². The van der Waals surface area contributed by atoms with Gasteiger partial charge in [-0.25, -0.2) is 4.98 Å². The van der Waals surface area contributed by atoms with Gasteiger partial charge in [0.2, 0.25) is 0 Å². The topological polar surface area (TPSA) is 17.8 Å². The zero-order chi connectivity index (χ0) is 37.5. The highest BCUT2D eigenvalue weighted by atomic mass is 15.1. The molecule has 1 aliphatic heterocycles. The van der Waals surface area contributed by atoms with Crippen molar-refractivity contribution >= 4 is 43.4 Å². The quantitative estimate of drug-likeness (QED) is 0.165. The van der Waals surface area contributed by atoms with Crippen LogP contribution < -0.4 is 0 Å². The zero-order valence-corrected chi connectivity index (χ0v) is 31.0. The van der Waals surface area contributed by atoms with E-state index in [1.807, 2.05) is 0 Å². The molecular weight excluding hydrogens is 689 g/mol. The van der Waals surface area contributed by atoms with Crippen LogP contribution in [-0.4, -0.2) is 9.55 Å². The van der Waals surface area contributed by atoms with E-state index in [9.17, 15) is 0 Å². The molecule has 0 spiro atoms. The largest absolute Gasteiger partial charge is 0.291 e. The van der Waals surface area contributed by atoms with Crippen molar-refractivity contribution in [1.29, 1.82) is 0 Å². The molecule has 1 aromatic heterocycles. The van der Waals surface area contributed by atoms with Crippen LogP contribution in [0.1, 0.15) is 0 Å². The average Bonchev–Trinajstić information content (AvgIpc) is 3.63. The lowest BCUT2D eigenvalue weighted by atomic mass is 9.91. The molecule has 2 heteroatoms. The molecule has 0 aliphatic carbocycles. The molecule has 0 bridgehead atoms. The van der Waals surface area contributed by atoms with Gasteiger partial charge in [-0.1, -0.05) is 176 Å². The smallest absolute Gasteiger partial charge is 0.145 e. The Labute approximate surface area is 330 Å². The molecule has 0 unspecified atom stereocenters. The summed E-state index contributed by atoms with van der Waals surface area (Å²) >= 11 is 0. The summed E-state index contributed by atoms with van der Waals surface area (Å²) in [5.74, 6) is 0.949. The van der Waals surface area contributed by atoms with Crippen LogP contribution >= 0.6 is 0 Å². The van der Waals surface area contributed by atoms with Gasteiger partial charge >= 0.3 is 0 Å². The van der Waals surface area contributed by atoms with Crippen LogP contribution in [0.4, 0.5) is 0 Å². The first kappa shape index (κ1) is 31.8. The third kappa shape index (κ3) is 4.94. The van der Waals surface area contributed by atoms with E-state index < -0.39 is 0 Å². The highest BCUT2D eigenvalue weighted by Crippen LogP contribution is 2.45. The lowest BCUT2D eigenvalue weighted by Crippen LogP contribution is -1.99. The molecule has 57 heavy (non-hydrogen) atoms. The van der Waals surface area contributed by atoms with E-state index in [1.165, 1.54) is 88.0 Å². The maximum absolute atomic E-state index is 5.27. The normalized spacial score (nSPS) is 11.9. The lowest BCUT2D eigenvalue weighted by Gasteiger charge is -2.14. The maximum atomic E-state index is 5.27. The van der Waals surface area contributed by atoms with E-state index in [0.29, 0.717) is 0 Å². The molecule has 2 nitrogen and oxygen atoms in total. The Morgan fingerprint density at radius 1 is 0.281 bits per heavy atom. The summed E-state index contributed by atoms with van der Waals surface area (Å²) in [5.41, 5.74) is 16.5. The second-order valence-corrected chi connectivity index (χ2v) is 15.1. The molecule has 11 aromatic rings. The SMILES string of the molecule is c1cc(-c2ccc(-c3nc4cccc5c4n3-c3ccccc3-c3ccccc3-5)cc2)cc(-c2cccc(-c3ccc4c5ccccc5c5ccccc5c4c3)c2)c1. The molecule has 0 amide bonds. The van der Waals surface area contributed by atoms with Crippen LogP contribution in [0.2, 0.25) is 0 Å². The molecule has 0 radical (unpaired) electrons. The number of rotatable bonds is 4. The van der Waals surface area contributed by atoms with E-state index in [2.05, 4.69) is 211 Å². The Kier molecular flexibility index (Phi) is 6.96. The van der Waals surface area contributed by atoms with Gasteiger partial charge in [-0.05, 0) is 107 Å². The highest BCUT2D eigenvalue weighted by Gasteiger charge is 2.25. The molecule has 10 aromatic carbocycles. The van der Waals surface area contributed by atoms with E-state index in [1.54, 1.807) is 0 Å². The second kappa shape index (κ2) is 12.5. The summed E-state index contributed by atoms with van der Waals surface area (Å²) < 4.78 is 2.36. The summed E-state index contributed by atoms with van der Waals surface area (Å²) in [6.45, 7) is 0. The minimum Gasteiger partial charge on any atom is -0.291 e. The molecule has 0 fully saturated rings. The number of aromatic nitrogens is 2. The molecule has 2 heterocycles. The highest BCUT2D eigenvalue weighted by molar-refractivity contribution is 6.25. The number of hydrogen-bond acceptors (Lipinski definition) is 1. The first-order valence-electron chi connectivity index (χ1n) is 19.6. The Balaban J connectivity index is 0.912. The third-order valence-electron chi connectivity index (χ3n) is 11.9. The summed E-state index contributed by atoms with van der Waals surface area (Å²) in [4.78, 5) is 5.27. The summed E-state index contributed by atoms with van der Waals surface area (Å²) in [6, 6.07) is 75.2. The van der Waals surface area contributed by atoms with E-state index in [4.69, 9.17) is 4.98 Å². The van der Waals surface area contributed by atoms with Gasteiger partial charge in [0, 0.05) is 16.7 Å². The van der Waals surface area contributed by atoms with Crippen LogP contribution in [0, 0.1) is 0 Å². The zero-order valence-electron chi connectivity index (χ0n) is 31.0. The maximum Gasteiger partial charge on any atom is 0.145 e. The van der Waals surface area contributed by atoms with Crippen molar-refractivity contribution in [2.45, 2.75) is 0 Å². The van der Waals surface area contributed by atoms with Crippen LogP contribution in [-0.2, 0) is 0 Å². The fourth-order valence-corrected chi connectivity index (χ4v) is 9.28. The van der Waals surface area contributed by atoms with Gasteiger partial charge in [0.15, 0.2) is 0 Å². The van der Waals surface area contributed by atoms with Crippen LogP contribution in [0.3, 0.4) is 0 Å². The number of hydrogen-bond donors (Lipinski definition) is 0. The summed E-state index contributed by atoms with van der Waals surface area (Å²) in [7, 11) is 0. The lowest BCUT2D eigenvalue weighted by molar-refractivity contribution is 1.11. The van der Waals surface area contributed by atoms with Gasteiger partial charge in [-0.15, -0.1) is 0 Å². The Morgan fingerprint density at radius 3 is 1.37 bits per heavy atom. The number of imidazole rings is 1. The van der Waals surface area contributed by atoms with E-state index >= 15 is 0 Å². The number of nitrogens with zero attached hydrogens (tertiary/aromatic N) is 2. The Morgan fingerprint density at radius 2 is 0.719 bits per heavy atom. The first-order chi connectivity index (χ1) is 28.3. The van der Waals surface area contributed by atoms with E-state index in [0.717, 1.165) is 28.1 Å².